The van der Waals surface area contributed by atoms with E-state index in [1.165, 1.54) is 6.07 Å². The Morgan fingerprint density at radius 1 is 1.35 bits per heavy atom. The maximum Gasteiger partial charge on any atom is 0.130 e. The first-order chi connectivity index (χ1) is 8.16. The molecule has 0 atom stereocenters. The van der Waals surface area contributed by atoms with E-state index in [2.05, 4.69) is 10.2 Å². The number of hydrogen-bond acceptors (Lipinski definition) is 3. The molecule has 4 heteroatoms. The molecule has 0 saturated carbocycles. The van der Waals surface area contributed by atoms with Crippen molar-refractivity contribution < 1.29 is 9.50 Å². The molecule has 1 aromatic carbocycles. The van der Waals surface area contributed by atoms with Crippen LogP contribution in [0.1, 0.15) is 11.1 Å². The summed E-state index contributed by atoms with van der Waals surface area (Å²) in [6, 6.07) is 2.95. The van der Waals surface area contributed by atoms with Crippen molar-refractivity contribution in [2.75, 3.05) is 32.7 Å². The Hall–Kier alpha value is -1.13. The Balaban J connectivity index is 1.96. The topological polar surface area (TPSA) is 35.5 Å². The summed E-state index contributed by atoms with van der Waals surface area (Å²) in [5.41, 5.74) is 1.43. The van der Waals surface area contributed by atoms with Gasteiger partial charge < -0.3 is 15.3 Å². The van der Waals surface area contributed by atoms with E-state index in [0.717, 1.165) is 38.3 Å². The van der Waals surface area contributed by atoms with E-state index in [1.54, 1.807) is 13.0 Å². The van der Waals surface area contributed by atoms with Gasteiger partial charge in [0.1, 0.15) is 11.6 Å². The van der Waals surface area contributed by atoms with Crippen LogP contribution >= 0.6 is 0 Å². The largest absolute Gasteiger partial charge is 0.508 e. The fraction of sp³-hybridized carbons (Fsp3) is 0.538. The molecule has 0 unspecified atom stereocenters. The third kappa shape index (κ3) is 3.17. The number of halogens is 1. The standard InChI is InChI=1S/C13H19FN2O/c1-10-8-11(12(14)9-13(10)17)2-5-16-6-3-15-4-7-16/h8-9,15,17H,2-7H2,1H3. The maximum atomic E-state index is 13.6. The van der Waals surface area contributed by atoms with Crippen LogP contribution in [0.2, 0.25) is 0 Å². The molecule has 1 aliphatic rings. The van der Waals surface area contributed by atoms with Crippen LogP contribution in [0.4, 0.5) is 4.39 Å². The van der Waals surface area contributed by atoms with Gasteiger partial charge in [-0.15, -0.1) is 0 Å². The van der Waals surface area contributed by atoms with Gasteiger partial charge in [-0.25, -0.2) is 4.39 Å². The first-order valence-corrected chi connectivity index (χ1v) is 6.08. The van der Waals surface area contributed by atoms with E-state index >= 15 is 0 Å². The van der Waals surface area contributed by atoms with Crippen LogP contribution in [0.25, 0.3) is 0 Å². The van der Waals surface area contributed by atoms with Crippen molar-refractivity contribution in [2.24, 2.45) is 0 Å². The van der Waals surface area contributed by atoms with Crippen molar-refractivity contribution in [1.82, 2.24) is 10.2 Å². The molecule has 3 nitrogen and oxygen atoms in total. The molecule has 94 valence electrons. The zero-order valence-corrected chi connectivity index (χ0v) is 10.2. The summed E-state index contributed by atoms with van der Waals surface area (Å²) >= 11 is 0. The highest BCUT2D eigenvalue weighted by Gasteiger charge is 2.11. The predicted molar refractivity (Wildman–Crippen MR) is 65.8 cm³/mol. The summed E-state index contributed by atoms with van der Waals surface area (Å²) in [7, 11) is 0. The van der Waals surface area contributed by atoms with Gasteiger partial charge in [0.15, 0.2) is 0 Å². The molecule has 17 heavy (non-hydrogen) atoms. The van der Waals surface area contributed by atoms with Gasteiger partial charge in [0.2, 0.25) is 0 Å². The van der Waals surface area contributed by atoms with E-state index in [1.807, 2.05) is 0 Å². The lowest BCUT2D eigenvalue weighted by Crippen LogP contribution is -2.44. The molecule has 0 amide bonds. The molecule has 2 N–H and O–H groups in total. The highest BCUT2D eigenvalue weighted by atomic mass is 19.1. The fourth-order valence-electron chi connectivity index (χ4n) is 2.14. The lowest BCUT2D eigenvalue weighted by molar-refractivity contribution is 0.243. The molecule has 1 aromatic rings. The van der Waals surface area contributed by atoms with Gasteiger partial charge in [-0.05, 0) is 30.5 Å². The van der Waals surface area contributed by atoms with Gasteiger partial charge in [0.25, 0.3) is 0 Å². The number of piperazine rings is 1. The molecule has 1 saturated heterocycles. The normalized spacial score (nSPS) is 17.3. The third-order valence-electron chi connectivity index (χ3n) is 3.27. The summed E-state index contributed by atoms with van der Waals surface area (Å²) in [6.07, 6.45) is 0.701. The van der Waals surface area contributed by atoms with E-state index in [4.69, 9.17) is 0 Å². The number of aryl methyl sites for hydroxylation is 1. The maximum absolute atomic E-state index is 13.6. The molecule has 0 spiro atoms. The number of benzene rings is 1. The second-order valence-corrected chi connectivity index (χ2v) is 4.57. The molecule has 0 aromatic heterocycles. The lowest BCUT2D eigenvalue weighted by atomic mass is 10.1. The van der Waals surface area contributed by atoms with Crippen LogP contribution in [-0.2, 0) is 6.42 Å². The number of aromatic hydroxyl groups is 1. The first-order valence-electron chi connectivity index (χ1n) is 6.08. The fourth-order valence-corrected chi connectivity index (χ4v) is 2.14. The SMILES string of the molecule is Cc1cc(CCN2CCNCC2)c(F)cc1O. The van der Waals surface area contributed by atoms with Crippen molar-refractivity contribution in [3.05, 3.63) is 29.1 Å². The molecule has 1 aliphatic heterocycles. The zero-order chi connectivity index (χ0) is 12.3. The summed E-state index contributed by atoms with van der Waals surface area (Å²) in [5.74, 6) is -0.267. The summed E-state index contributed by atoms with van der Waals surface area (Å²) in [5, 5.41) is 12.7. The molecule has 0 aliphatic carbocycles. The molecule has 1 heterocycles. The molecule has 1 fully saturated rings. The Labute approximate surface area is 101 Å². The number of hydrogen-bond donors (Lipinski definition) is 2. The third-order valence-corrected chi connectivity index (χ3v) is 3.27. The minimum atomic E-state index is -0.303. The second kappa shape index (κ2) is 5.47. The molecule has 0 radical (unpaired) electrons. The Morgan fingerprint density at radius 3 is 2.76 bits per heavy atom. The Morgan fingerprint density at radius 2 is 2.06 bits per heavy atom. The van der Waals surface area contributed by atoms with Gasteiger partial charge in [-0.2, -0.15) is 0 Å². The zero-order valence-electron chi connectivity index (χ0n) is 10.2. The number of rotatable bonds is 3. The number of nitrogens with one attached hydrogen (secondary N) is 1. The minimum absolute atomic E-state index is 0.0356. The van der Waals surface area contributed by atoms with E-state index in [-0.39, 0.29) is 11.6 Å². The van der Waals surface area contributed by atoms with Crippen molar-refractivity contribution in [2.45, 2.75) is 13.3 Å². The van der Waals surface area contributed by atoms with Gasteiger partial charge in [0, 0.05) is 38.8 Å². The Bertz CT molecular complexity index is 389. The number of phenolic OH excluding ortho intramolecular Hbond substituents is 1. The van der Waals surface area contributed by atoms with Crippen LogP contribution in [0.3, 0.4) is 0 Å². The van der Waals surface area contributed by atoms with E-state index in [0.29, 0.717) is 12.0 Å². The number of phenols is 1. The van der Waals surface area contributed by atoms with Crippen LogP contribution in [0.15, 0.2) is 12.1 Å². The highest BCUT2D eigenvalue weighted by molar-refractivity contribution is 5.36. The van der Waals surface area contributed by atoms with Crippen molar-refractivity contribution in [3.8, 4) is 5.75 Å². The molecular weight excluding hydrogens is 219 g/mol. The monoisotopic (exact) mass is 238 g/mol. The lowest BCUT2D eigenvalue weighted by Gasteiger charge is -2.27. The highest BCUT2D eigenvalue weighted by Crippen LogP contribution is 2.21. The summed E-state index contributed by atoms with van der Waals surface area (Å²) in [6.45, 7) is 6.75. The average Bonchev–Trinajstić information content (AvgIpc) is 2.33. The van der Waals surface area contributed by atoms with Crippen LogP contribution in [0, 0.1) is 12.7 Å². The smallest absolute Gasteiger partial charge is 0.130 e. The van der Waals surface area contributed by atoms with Gasteiger partial charge in [0.05, 0.1) is 0 Å². The predicted octanol–water partition coefficient (Wildman–Crippen LogP) is 1.29. The van der Waals surface area contributed by atoms with Gasteiger partial charge >= 0.3 is 0 Å². The van der Waals surface area contributed by atoms with Gasteiger partial charge in [-0.1, -0.05) is 0 Å². The van der Waals surface area contributed by atoms with E-state index < -0.39 is 0 Å². The molecule has 0 bridgehead atoms. The van der Waals surface area contributed by atoms with Crippen molar-refractivity contribution >= 4 is 0 Å². The van der Waals surface area contributed by atoms with Crippen LogP contribution in [-0.4, -0.2) is 42.7 Å². The van der Waals surface area contributed by atoms with E-state index in [9.17, 15) is 9.50 Å². The van der Waals surface area contributed by atoms with Crippen molar-refractivity contribution in [3.63, 3.8) is 0 Å². The average molecular weight is 238 g/mol. The number of nitrogens with zero attached hydrogens (tertiary/aromatic N) is 1. The molecular formula is C13H19FN2O. The second-order valence-electron chi connectivity index (χ2n) is 4.57. The summed E-state index contributed by atoms with van der Waals surface area (Å²) in [4.78, 5) is 2.33. The van der Waals surface area contributed by atoms with Crippen LogP contribution in [0.5, 0.6) is 5.75 Å². The van der Waals surface area contributed by atoms with Crippen LogP contribution < -0.4 is 5.32 Å². The Kier molecular flexibility index (Phi) is 3.97. The first kappa shape index (κ1) is 12.3. The quantitative estimate of drug-likeness (QED) is 0.833. The minimum Gasteiger partial charge on any atom is -0.508 e. The van der Waals surface area contributed by atoms with Gasteiger partial charge in [-0.3, -0.25) is 0 Å². The molecule has 2 rings (SSSR count). The summed E-state index contributed by atoms with van der Waals surface area (Å²) < 4.78 is 13.6. The van der Waals surface area contributed by atoms with Crippen molar-refractivity contribution in [1.29, 1.82) is 0 Å².